The molecule has 3 aromatic rings. The van der Waals surface area contributed by atoms with Gasteiger partial charge in [-0.1, -0.05) is 19.8 Å². The Balaban J connectivity index is 0.000000420. The SMILES string of the molecule is CC.CCn1c(C#Cc2ccc(NC)cc2)c(C#N)c2ccc(O)cc21.O=CC1CC1. The zero-order valence-electron chi connectivity index (χ0n) is 18.6. The lowest BCUT2D eigenvalue weighted by molar-refractivity contribution is -0.108. The van der Waals surface area contributed by atoms with E-state index in [-0.39, 0.29) is 5.75 Å². The van der Waals surface area contributed by atoms with Crippen LogP contribution in [0.1, 0.15) is 50.4 Å². The van der Waals surface area contributed by atoms with Gasteiger partial charge >= 0.3 is 0 Å². The van der Waals surface area contributed by atoms with Crippen LogP contribution in [0.15, 0.2) is 42.5 Å². The first kappa shape index (κ1) is 23.6. The van der Waals surface area contributed by atoms with Crippen molar-refractivity contribution >= 4 is 22.9 Å². The van der Waals surface area contributed by atoms with Crippen molar-refractivity contribution in [2.45, 2.75) is 40.2 Å². The normalized spacial score (nSPS) is 11.6. The van der Waals surface area contributed by atoms with Crippen LogP contribution in [-0.4, -0.2) is 23.0 Å². The van der Waals surface area contributed by atoms with E-state index in [0.29, 0.717) is 23.7 Å². The summed E-state index contributed by atoms with van der Waals surface area (Å²) in [6.45, 7) is 6.67. The maximum atomic E-state index is 9.74. The lowest BCUT2D eigenvalue weighted by atomic mass is 10.1. The van der Waals surface area contributed by atoms with Crippen molar-refractivity contribution in [3.05, 3.63) is 59.3 Å². The Labute approximate surface area is 184 Å². The molecule has 5 nitrogen and oxygen atoms in total. The van der Waals surface area contributed by atoms with E-state index in [2.05, 4.69) is 23.2 Å². The van der Waals surface area contributed by atoms with E-state index in [1.165, 1.54) is 0 Å². The second-order valence-corrected chi connectivity index (χ2v) is 6.83. The number of anilines is 1. The van der Waals surface area contributed by atoms with Crippen molar-refractivity contribution in [2.75, 3.05) is 12.4 Å². The quantitative estimate of drug-likeness (QED) is 0.449. The van der Waals surface area contributed by atoms with Gasteiger partial charge in [0.25, 0.3) is 0 Å². The molecule has 0 amide bonds. The van der Waals surface area contributed by atoms with Gasteiger partial charge in [0.05, 0.1) is 11.1 Å². The molecule has 2 N–H and O–H groups in total. The standard InChI is InChI=1S/C20H17N3O.C4H6O.C2H6/c1-3-23-19(11-6-14-4-7-15(22-2)8-5-14)18(13-21)17-10-9-16(24)12-20(17)23;5-3-4-1-2-4;1-2/h4-5,7-10,12,22,24H,3H2,1-2H3;3-4H,1-2H2;1-2H3. The van der Waals surface area contributed by atoms with Gasteiger partial charge in [0.2, 0.25) is 0 Å². The predicted molar refractivity (Wildman–Crippen MR) is 126 cm³/mol. The summed E-state index contributed by atoms with van der Waals surface area (Å²) < 4.78 is 1.96. The molecule has 1 heterocycles. The van der Waals surface area contributed by atoms with Gasteiger partial charge in [-0.05, 0) is 62.1 Å². The Morgan fingerprint density at radius 3 is 2.32 bits per heavy atom. The van der Waals surface area contributed by atoms with E-state index in [0.717, 1.165) is 41.3 Å². The third kappa shape index (κ3) is 5.90. The van der Waals surface area contributed by atoms with Crippen molar-refractivity contribution in [2.24, 2.45) is 5.92 Å². The topological polar surface area (TPSA) is 78.1 Å². The molecule has 0 bridgehead atoms. The third-order valence-electron chi connectivity index (χ3n) is 4.79. The fourth-order valence-corrected chi connectivity index (χ4v) is 2.99. The van der Waals surface area contributed by atoms with Crippen molar-refractivity contribution in [1.82, 2.24) is 4.57 Å². The average Bonchev–Trinajstić information content (AvgIpc) is 3.61. The highest BCUT2D eigenvalue weighted by molar-refractivity contribution is 5.90. The fourth-order valence-electron chi connectivity index (χ4n) is 2.99. The maximum absolute atomic E-state index is 9.74. The number of benzene rings is 2. The van der Waals surface area contributed by atoms with Crippen molar-refractivity contribution in [3.8, 4) is 23.7 Å². The lowest BCUT2D eigenvalue weighted by Gasteiger charge is -2.03. The monoisotopic (exact) mass is 415 g/mol. The number of nitrogens with one attached hydrogen (secondary N) is 1. The summed E-state index contributed by atoms with van der Waals surface area (Å²) in [5, 5.41) is 23.2. The summed E-state index contributed by atoms with van der Waals surface area (Å²) >= 11 is 0. The van der Waals surface area contributed by atoms with Crippen LogP contribution in [-0.2, 0) is 11.3 Å². The number of aromatic hydroxyl groups is 1. The smallest absolute Gasteiger partial charge is 0.123 e. The van der Waals surface area contributed by atoms with Gasteiger partial charge < -0.3 is 19.8 Å². The molecule has 0 unspecified atom stereocenters. The number of carbonyl (C=O) groups is 1. The van der Waals surface area contributed by atoms with Crippen LogP contribution in [0.5, 0.6) is 5.75 Å². The summed E-state index contributed by atoms with van der Waals surface area (Å²) in [5.41, 5.74) is 3.96. The van der Waals surface area contributed by atoms with E-state index in [4.69, 9.17) is 0 Å². The highest BCUT2D eigenvalue weighted by Crippen LogP contribution is 2.28. The molecule has 0 radical (unpaired) electrons. The second-order valence-electron chi connectivity index (χ2n) is 6.83. The van der Waals surface area contributed by atoms with Gasteiger partial charge in [-0.15, -0.1) is 0 Å². The summed E-state index contributed by atoms with van der Waals surface area (Å²) in [4.78, 5) is 9.57. The molecule has 160 valence electrons. The highest BCUT2D eigenvalue weighted by Gasteiger charge is 2.19. The van der Waals surface area contributed by atoms with E-state index in [1.807, 2.05) is 56.7 Å². The summed E-state index contributed by atoms with van der Waals surface area (Å²) in [7, 11) is 1.87. The Morgan fingerprint density at radius 1 is 1.16 bits per heavy atom. The van der Waals surface area contributed by atoms with E-state index in [1.54, 1.807) is 18.2 Å². The van der Waals surface area contributed by atoms with Gasteiger partial charge in [0.1, 0.15) is 23.8 Å². The number of aryl methyl sites for hydroxylation is 1. The Kier molecular flexibility index (Phi) is 8.73. The predicted octanol–water partition coefficient (Wildman–Crippen LogP) is 5.30. The van der Waals surface area contributed by atoms with E-state index in [9.17, 15) is 15.2 Å². The summed E-state index contributed by atoms with van der Waals surface area (Å²) in [6, 6.07) is 15.1. The molecule has 1 saturated carbocycles. The Hall–Kier alpha value is -3.70. The van der Waals surface area contributed by atoms with Gasteiger partial charge in [-0.3, -0.25) is 0 Å². The summed E-state index contributed by atoms with van der Waals surface area (Å²) in [5.74, 6) is 6.90. The number of fused-ring (bicyclic) bond motifs is 1. The molecule has 1 aromatic heterocycles. The van der Waals surface area contributed by atoms with Crippen molar-refractivity contribution in [1.29, 1.82) is 5.26 Å². The van der Waals surface area contributed by atoms with Crippen LogP contribution >= 0.6 is 0 Å². The molecule has 0 atom stereocenters. The number of aldehydes is 1. The van der Waals surface area contributed by atoms with Crippen LogP contribution in [0.2, 0.25) is 0 Å². The van der Waals surface area contributed by atoms with Crippen LogP contribution in [0, 0.1) is 29.1 Å². The maximum Gasteiger partial charge on any atom is 0.123 e. The Bertz CT molecular complexity index is 1120. The number of aromatic nitrogens is 1. The molecule has 5 heteroatoms. The number of phenols is 1. The van der Waals surface area contributed by atoms with Crippen molar-refractivity contribution < 1.29 is 9.90 Å². The first-order chi connectivity index (χ1) is 15.1. The minimum atomic E-state index is 0.182. The molecule has 0 aliphatic heterocycles. The fraction of sp³-hybridized carbons (Fsp3) is 0.308. The van der Waals surface area contributed by atoms with Crippen LogP contribution in [0.25, 0.3) is 10.9 Å². The molecular weight excluding hydrogens is 386 g/mol. The van der Waals surface area contributed by atoms with Gasteiger partial charge in [0, 0.05) is 42.2 Å². The number of carbonyl (C=O) groups excluding carboxylic acids is 1. The molecule has 1 aliphatic rings. The van der Waals surface area contributed by atoms with Crippen LogP contribution < -0.4 is 5.32 Å². The lowest BCUT2D eigenvalue weighted by Crippen LogP contribution is -1.98. The number of hydrogen-bond acceptors (Lipinski definition) is 4. The molecule has 0 saturated heterocycles. The number of phenolic OH excluding ortho intramolecular Hbond substituents is 1. The van der Waals surface area contributed by atoms with Gasteiger partial charge in [0.15, 0.2) is 0 Å². The summed E-state index contributed by atoms with van der Waals surface area (Å²) in [6.07, 6.45) is 3.31. The van der Waals surface area contributed by atoms with Crippen LogP contribution in [0.3, 0.4) is 0 Å². The van der Waals surface area contributed by atoms with Gasteiger partial charge in [-0.25, -0.2) is 0 Å². The average molecular weight is 416 g/mol. The highest BCUT2D eigenvalue weighted by atomic mass is 16.3. The number of rotatable bonds is 3. The molecule has 0 spiro atoms. The van der Waals surface area contributed by atoms with Gasteiger partial charge in [-0.2, -0.15) is 5.26 Å². The van der Waals surface area contributed by atoms with E-state index < -0.39 is 0 Å². The Morgan fingerprint density at radius 2 is 1.84 bits per heavy atom. The zero-order valence-corrected chi connectivity index (χ0v) is 18.6. The van der Waals surface area contributed by atoms with Crippen molar-refractivity contribution in [3.63, 3.8) is 0 Å². The largest absolute Gasteiger partial charge is 0.508 e. The zero-order chi connectivity index (χ0) is 22.8. The molecule has 1 aliphatic carbocycles. The van der Waals surface area contributed by atoms with E-state index >= 15 is 0 Å². The molecule has 1 fully saturated rings. The second kappa shape index (κ2) is 11.5. The molecular formula is C26H29N3O2. The van der Waals surface area contributed by atoms with Crippen LogP contribution in [0.4, 0.5) is 5.69 Å². The molecule has 2 aromatic carbocycles. The first-order valence-electron chi connectivity index (χ1n) is 10.6. The number of hydrogen-bond donors (Lipinski definition) is 2. The molecule has 4 rings (SSSR count). The third-order valence-corrected chi connectivity index (χ3v) is 4.79. The minimum absolute atomic E-state index is 0.182. The number of nitrogens with zero attached hydrogens (tertiary/aromatic N) is 2. The first-order valence-corrected chi connectivity index (χ1v) is 10.6. The minimum Gasteiger partial charge on any atom is -0.508 e. The molecule has 31 heavy (non-hydrogen) atoms. The number of nitriles is 1.